The molecule has 1 atom stereocenters. The van der Waals surface area contributed by atoms with Gasteiger partial charge in [0.05, 0.1) is 0 Å². The Morgan fingerprint density at radius 2 is 0.600 bits per heavy atom. The van der Waals surface area contributed by atoms with E-state index in [1.54, 1.807) is 0 Å². The van der Waals surface area contributed by atoms with Crippen LogP contribution in [0, 0.1) is 0 Å². The van der Waals surface area contributed by atoms with Crippen LogP contribution in [0.1, 0.15) is 239 Å². The molecule has 0 spiro atoms. The quantitative estimate of drug-likeness (QED) is 0.0262. The molecule has 65 heavy (non-hydrogen) atoms. The van der Waals surface area contributed by atoms with Crippen molar-refractivity contribution in [1.82, 2.24) is 0 Å². The zero-order chi connectivity index (χ0) is 47.2. The predicted molar refractivity (Wildman–Crippen MR) is 279 cm³/mol. The van der Waals surface area contributed by atoms with Gasteiger partial charge in [-0.25, -0.2) is 0 Å². The molecule has 0 aromatic rings. The van der Waals surface area contributed by atoms with Crippen LogP contribution in [0.2, 0.25) is 0 Å². The molecule has 6 heteroatoms. The molecule has 0 saturated carbocycles. The third kappa shape index (κ3) is 51.2. The molecule has 0 radical (unpaired) electrons. The van der Waals surface area contributed by atoms with Crippen molar-refractivity contribution in [3.63, 3.8) is 0 Å². The van der Waals surface area contributed by atoms with E-state index in [0.717, 1.165) is 122 Å². The number of carbonyl (C=O) groups excluding carboxylic acids is 3. The average molecular weight is 903 g/mol. The Hall–Kier alpha value is -3.67. The molecular weight excluding hydrogens is 805 g/mol. The van der Waals surface area contributed by atoms with E-state index in [1.807, 2.05) is 0 Å². The summed E-state index contributed by atoms with van der Waals surface area (Å²) >= 11 is 0. The van der Waals surface area contributed by atoms with E-state index in [4.69, 9.17) is 14.2 Å². The highest BCUT2D eigenvalue weighted by Gasteiger charge is 2.19. The van der Waals surface area contributed by atoms with Crippen molar-refractivity contribution in [1.29, 1.82) is 0 Å². The summed E-state index contributed by atoms with van der Waals surface area (Å²) in [5.74, 6) is -0.967. The fraction of sp³-hybridized carbons (Fsp3) is 0.678. The molecule has 0 saturated heterocycles. The zero-order valence-corrected chi connectivity index (χ0v) is 42.2. The average Bonchev–Trinajstić information content (AvgIpc) is 3.30. The lowest BCUT2D eigenvalue weighted by Gasteiger charge is -2.18. The number of carbonyl (C=O) groups is 3. The van der Waals surface area contributed by atoms with E-state index in [9.17, 15) is 14.4 Å². The molecule has 6 nitrogen and oxygen atoms in total. The van der Waals surface area contributed by atoms with Gasteiger partial charge in [-0.1, -0.05) is 195 Å². The molecule has 0 unspecified atom stereocenters. The third-order valence-corrected chi connectivity index (χ3v) is 11.0. The number of ether oxygens (including phenoxy) is 3. The minimum absolute atomic E-state index is 0.102. The molecule has 370 valence electrons. The van der Waals surface area contributed by atoms with E-state index in [1.165, 1.54) is 77.0 Å². The van der Waals surface area contributed by atoms with Gasteiger partial charge < -0.3 is 14.2 Å². The Balaban J connectivity index is 4.49. The fourth-order valence-corrected chi connectivity index (χ4v) is 7.02. The van der Waals surface area contributed by atoms with E-state index in [0.29, 0.717) is 19.3 Å². The monoisotopic (exact) mass is 903 g/mol. The van der Waals surface area contributed by atoms with Gasteiger partial charge in [-0.15, -0.1) is 0 Å². The van der Waals surface area contributed by atoms with Gasteiger partial charge >= 0.3 is 17.9 Å². The molecule has 0 amide bonds. The summed E-state index contributed by atoms with van der Waals surface area (Å²) in [6.07, 6.45) is 69.6. The maximum atomic E-state index is 12.8. The Morgan fingerprint density at radius 3 is 0.969 bits per heavy atom. The highest BCUT2D eigenvalue weighted by atomic mass is 16.6. The van der Waals surface area contributed by atoms with Gasteiger partial charge in [0.1, 0.15) is 13.2 Å². The molecule has 0 aromatic heterocycles. The smallest absolute Gasteiger partial charge is 0.306 e. The molecule has 0 aromatic carbocycles. The fourth-order valence-electron chi connectivity index (χ4n) is 7.02. The molecule has 0 aliphatic rings. The van der Waals surface area contributed by atoms with Crippen molar-refractivity contribution < 1.29 is 28.6 Å². The minimum atomic E-state index is -0.806. The Bertz CT molecular complexity index is 1310. The largest absolute Gasteiger partial charge is 0.462 e. The maximum Gasteiger partial charge on any atom is 0.306 e. The Labute approximate surface area is 400 Å². The molecule has 0 aliphatic heterocycles. The van der Waals surface area contributed by atoms with Crippen LogP contribution in [0.4, 0.5) is 0 Å². The number of hydrogen-bond acceptors (Lipinski definition) is 6. The van der Waals surface area contributed by atoms with Gasteiger partial charge in [0.25, 0.3) is 0 Å². The maximum absolute atomic E-state index is 12.8. The summed E-state index contributed by atoms with van der Waals surface area (Å²) in [6, 6.07) is 0. The normalized spacial score (nSPS) is 12.8. The van der Waals surface area contributed by atoms with Crippen LogP contribution in [-0.4, -0.2) is 37.2 Å². The van der Waals surface area contributed by atoms with Crippen molar-refractivity contribution in [3.05, 3.63) is 97.2 Å². The number of hydrogen-bond donors (Lipinski definition) is 0. The van der Waals surface area contributed by atoms with Crippen LogP contribution < -0.4 is 0 Å². The lowest BCUT2D eigenvalue weighted by Crippen LogP contribution is -2.30. The van der Waals surface area contributed by atoms with Crippen molar-refractivity contribution >= 4 is 17.9 Å². The summed E-state index contributed by atoms with van der Waals surface area (Å²) in [4.78, 5) is 38.0. The lowest BCUT2D eigenvalue weighted by molar-refractivity contribution is -0.167. The molecule has 0 fully saturated rings. The number of unbranched alkanes of at least 4 members (excludes halogenated alkanes) is 20. The summed E-state index contributed by atoms with van der Waals surface area (Å²) in [5.41, 5.74) is 0. The predicted octanol–water partition coefficient (Wildman–Crippen LogP) is 17.8. The third-order valence-electron chi connectivity index (χ3n) is 11.0. The standard InChI is InChI=1S/C59H98O6/c1-4-7-10-13-16-19-22-25-28-29-32-34-37-40-43-46-49-52-58(61)64-55-56(65-59(62)53-50-47-44-41-38-35-31-27-24-21-18-15-12-9-6-3)54-63-57(60)51-48-45-42-39-36-33-30-26-23-20-17-14-11-8-5-2/h8,11,16-21,25-28,30-31,36,39,56H,4-7,9-10,12-15,22-24,29,32-35,37-38,40-55H2,1-3H3/b11-8-,19-16-,20-17-,21-18-,28-25-,30-26-,31-27-,39-36-/t56-/m1/s1. The summed E-state index contributed by atoms with van der Waals surface area (Å²) in [6.45, 7) is 6.41. The van der Waals surface area contributed by atoms with Crippen molar-refractivity contribution in [2.75, 3.05) is 13.2 Å². The topological polar surface area (TPSA) is 78.9 Å². The molecule has 0 N–H and O–H groups in total. The minimum Gasteiger partial charge on any atom is -0.462 e. The summed E-state index contributed by atoms with van der Waals surface area (Å²) < 4.78 is 16.8. The first-order valence-electron chi connectivity index (χ1n) is 26.7. The lowest BCUT2D eigenvalue weighted by atomic mass is 10.1. The van der Waals surface area contributed by atoms with Crippen LogP contribution in [0.3, 0.4) is 0 Å². The van der Waals surface area contributed by atoms with Gasteiger partial charge in [-0.2, -0.15) is 0 Å². The van der Waals surface area contributed by atoms with Crippen LogP contribution in [0.15, 0.2) is 97.2 Å². The van der Waals surface area contributed by atoms with Gasteiger partial charge in [-0.3, -0.25) is 14.4 Å². The van der Waals surface area contributed by atoms with Crippen molar-refractivity contribution in [3.8, 4) is 0 Å². The second-order valence-electron chi connectivity index (χ2n) is 17.4. The highest BCUT2D eigenvalue weighted by molar-refractivity contribution is 5.71. The van der Waals surface area contributed by atoms with Gasteiger partial charge in [-0.05, 0) is 122 Å². The SMILES string of the molecule is CC/C=C\C/C=C\C/C=C\C/C=C\CCCCC(=O)OC[C@H](COC(=O)CCCCCCCCC/C=C\C/C=C\CCCCC)OC(=O)CCCCCCC/C=C\C/C=C\CCCCC. The molecular formula is C59H98O6. The number of esters is 3. The van der Waals surface area contributed by atoms with Gasteiger partial charge in [0.15, 0.2) is 6.10 Å². The van der Waals surface area contributed by atoms with E-state index in [-0.39, 0.29) is 31.1 Å². The van der Waals surface area contributed by atoms with Crippen LogP contribution in [-0.2, 0) is 28.6 Å². The second-order valence-corrected chi connectivity index (χ2v) is 17.4. The first kappa shape index (κ1) is 61.3. The highest BCUT2D eigenvalue weighted by Crippen LogP contribution is 2.13. The first-order valence-corrected chi connectivity index (χ1v) is 26.7. The zero-order valence-electron chi connectivity index (χ0n) is 42.2. The van der Waals surface area contributed by atoms with Gasteiger partial charge in [0, 0.05) is 19.3 Å². The van der Waals surface area contributed by atoms with Gasteiger partial charge in [0.2, 0.25) is 0 Å². The number of allylic oxidation sites excluding steroid dienone is 16. The van der Waals surface area contributed by atoms with Crippen LogP contribution in [0.25, 0.3) is 0 Å². The van der Waals surface area contributed by atoms with E-state index >= 15 is 0 Å². The second kappa shape index (κ2) is 52.9. The van der Waals surface area contributed by atoms with Crippen molar-refractivity contribution in [2.45, 2.75) is 245 Å². The van der Waals surface area contributed by atoms with Crippen LogP contribution >= 0.6 is 0 Å². The first-order chi connectivity index (χ1) is 32.0. The summed E-state index contributed by atoms with van der Waals surface area (Å²) in [7, 11) is 0. The van der Waals surface area contributed by atoms with Crippen LogP contribution in [0.5, 0.6) is 0 Å². The molecule has 0 rings (SSSR count). The van der Waals surface area contributed by atoms with Crippen molar-refractivity contribution in [2.24, 2.45) is 0 Å². The Kier molecular flexibility index (Phi) is 50.0. The number of rotatable bonds is 47. The summed E-state index contributed by atoms with van der Waals surface area (Å²) in [5, 5.41) is 0. The molecule has 0 bridgehead atoms. The molecule has 0 heterocycles. The van der Waals surface area contributed by atoms with E-state index < -0.39 is 6.10 Å². The Morgan fingerprint density at radius 1 is 0.323 bits per heavy atom. The molecule has 0 aliphatic carbocycles. The van der Waals surface area contributed by atoms with E-state index in [2.05, 4.69) is 118 Å².